The fraction of sp³-hybridized carbons (Fsp3) is 0.400. The maximum absolute atomic E-state index is 13.1. The van der Waals surface area contributed by atoms with Gasteiger partial charge in [-0.1, -0.05) is 11.6 Å². The fourth-order valence-corrected chi connectivity index (χ4v) is 4.29. The first-order valence-corrected chi connectivity index (χ1v) is 8.32. The molecule has 4 rings (SSSR count). The van der Waals surface area contributed by atoms with E-state index in [1.165, 1.54) is 23.8 Å². The first-order chi connectivity index (χ1) is 11.3. The second kappa shape index (κ2) is 4.82. The molecule has 1 aliphatic heterocycles. The molecule has 0 amide bonds. The third-order valence-corrected chi connectivity index (χ3v) is 5.53. The minimum atomic E-state index is -0.509. The number of phenolic OH excluding ortho intramolecular Hbond substituents is 1. The normalized spacial score (nSPS) is 27.7. The van der Waals surface area contributed by atoms with Gasteiger partial charge in [-0.15, -0.1) is 0 Å². The minimum absolute atomic E-state index is 0.0275. The minimum Gasteiger partial charge on any atom is -0.508 e. The molecule has 3 aliphatic rings. The van der Waals surface area contributed by atoms with Crippen LogP contribution in [0.15, 0.2) is 41.2 Å². The molecule has 0 spiro atoms. The second-order valence-corrected chi connectivity index (χ2v) is 7.52. The Morgan fingerprint density at radius 2 is 1.92 bits per heavy atom. The highest BCUT2D eigenvalue weighted by Gasteiger charge is 2.50. The van der Waals surface area contributed by atoms with Gasteiger partial charge in [0.2, 0.25) is 5.78 Å². The molecule has 0 aromatic heterocycles. The van der Waals surface area contributed by atoms with Crippen molar-refractivity contribution in [2.24, 2.45) is 11.8 Å². The number of allylic oxidation sites excluding steroid dienone is 4. The van der Waals surface area contributed by atoms with E-state index >= 15 is 0 Å². The Balaban J connectivity index is 1.94. The van der Waals surface area contributed by atoms with Crippen molar-refractivity contribution >= 4 is 11.6 Å². The summed E-state index contributed by atoms with van der Waals surface area (Å²) in [5, 5.41) is 9.68. The lowest BCUT2D eigenvalue weighted by Gasteiger charge is -2.47. The first kappa shape index (κ1) is 15.2. The third kappa shape index (κ3) is 1.98. The lowest BCUT2D eigenvalue weighted by atomic mass is 9.65. The van der Waals surface area contributed by atoms with Gasteiger partial charge < -0.3 is 9.84 Å². The summed E-state index contributed by atoms with van der Waals surface area (Å²) in [5.74, 6) is -0.239. The fourth-order valence-electron chi connectivity index (χ4n) is 4.29. The van der Waals surface area contributed by atoms with Crippen LogP contribution in [-0.4, -0.2) is 22.3 Å². The smallest absolute Gasteiger partial charge is 0.228 e. The number of ketones is 2. The predicted molar refractivity (Wildman–Crippen MR) is 88.9 cm³/mol. The molecular formula is C20H20O4. The lowest BCUT2D eigenvalue weighted by Crippen LogP contribution is -2.48. The molecule has 0 fully saturated rings. The Kier molecular flexibility index (Phi) is 3.05. The molecule has 1 aromatic rings. The summed E-state index contributed by atoms with van der Waals surface area (Å²) in [6, 6.07) is 4.33. The van der Waals surface area contributed by atoms with Gasteiger partial charge in [-0.05, 0) is 51.8 Å². The molecule has 0 radical (unpaired) electrons. The van der Waals surface area contributed by atoms with E-state index in [4.69, 9.17) is 4.74 Å². The number of hydrogen-bond acceptors (Lipinski definition) is 4. The zero-order valence-corrected chi connectivity index (χ0v) is 14.1. The van der Waals surface area contributed by atoms with E-state index in [-0.39, 0.29) is 40.5 Å². The molecule has 0 saturated heterocycles. The molecule has 1 aromatic carbocycles. The van der Waals surface area contributed by atoms with Gasteiger partial charge in [-0.3, -0.25) is 9.59 Å². The molecule has 4 heteroatoms. The number of rotatable bonds is 0. The average Bonchev–Trinajstić information content (AvgIpc) is 2.51. The van der Waals surface area contributed by atoms with Crippen molar-refractivity contribution in [2.45, 2.75) is 39.2 Å². The molecule has 0 bridgehead atoms. The summed E-state index contributed by atoms with van der Waals surface area (Å²) in [6.07, 6.45) is 4.06. The molecule has 124 valence electrons. The number of benzene rings is 1. The molecule has 0 saturated carbocycles. The molecular weight excluding hydrogens is 304 g/mol. The van der Waals surface area contributed by atoms with Gasteiger partial charge in [0.15, 0.2) is 11.5 Å². The maximum Gasteiger partial charge on any atom is 0.228 e. The van der Waals surface area contributed by atoms with Crippen molar-refractivity contribution in [3.8, 4) is 5.75 Å². The number of Topliss-reactive ketones (excluding diaryl/α,β-unsaturated/α-hetero) is 2. The van der Waals surface area contributed by atoms with Crippen LogP contribution in [0.3, 0.4) is 0 Å². The standard InChI is InChI=1S/C20H20O4/c1-10-4-7-15-14(8-10)16-17(22)12-6-5-11(21)9-13(12)18(23)19(16)24-20(15,2)3/h5-6,8-9,14-15,21H,4,7H2,1-3H3/t14-,15-/m0/s1. The average molecular weight is 324 g/mol. The highest BCUT2D eigenvalue weighted by atomic mass is 16.5. The van der Waals surface area contributed by atoms with Crippen molar-refractivity contribution in [3.63, 3.8) is 0 Å². The van der Waals surface area contributed by atoms with Gasteiger partial charge in [0.05, 0.1) is 5.57 Å². The molecule has 0 unspecified atom stereocenters. The van der Waals surface area contributed by atoms with Gasteiger partial charge in [0.1, 0.15) is 11.4 Å². The van der Waals surface area contributed by atoms with Crippen LogP contribution in [0.5, 0.6) is 5.75 Å². The molecule has 2 aliphatic carbocycles. The number of carbonyl (C=O) groups is 2. The van der Waals surface area contributed by atoms with Crippen LogP contribution in [0.1, 0.15) is 54.3 Å². The predicted octanol–water partition coefficient (Wildman–Crippen LogP) is 3.81. The summed E-state index contributed by atoms with van der Waals surface area (Å²) in [6.45, 7) is 6.04. The van der Waals surface area contributed by atoms with Crippen molar-refractivity contribution in [2.75, 3.05) is 0 Å². The lowest BCUT2D eigenvalue weighted by molar-refractivity contribution is -0.0493. The van der Waals surface area contributed by atoms with Gasteiger partial charge in [0, 0.05) is 23.0 Å². The van der Waals surface area contributed by atoms with Crippen LogP contribution in [0, 0.1) is 11.8 Å². The van der Waals surface area contributed by atoms with Crippen LogP contribution in [0.25, 0.3) is 0 Å². The van der Waals surface area contributed by atoms with Gasteiger partial charge >= 0.3 is 0 Å². The van der Waals surface area contributed by atoms with Crippen LogP contribution < -0.4 is 0 Å². The van der Waals surface area contributed by atoms with Crippen molar-refractivity contribution < 1.29 is 19.4 Å². The van der Waals surface area contributed by atoms with E-state index < -0.39 is 5.60 Å². The van der Waals surface area contributed by atoms with Crippen LogP contribution in [0.4, 0.5) is 0 Å². The van der Waals surface area contributed by atoms with E-state index in [0.717, 1.165) is 12.8 Å². The number of hydrogen-bond donors (Lipinski definition) is 1. The van der Waals surface area contributed by atoms with E-state index in [2.05, 4.69) is 13.0 Å². The van der Waals surface area contributed by atoms with E-state index in [1.807, 2.05) is 13.8 Å². The van der Waals surface area contributed by atoms with Crippen molar-refractivity contribution in [1.82, 2.24) is 0 Å². The molecule has 4 nitrogen and oxygen atoms in total. The van der Waals surface area contributed by atoms with Gasteiger partial charge in [-0.25, -0.2) is 0 Å². The van der Waals surface area contributed by atoms with Crippen molar-refractivity contribution in [3.05, 3.63) is 52.3 Å². The summed E-state index contributed by atoms with van der Waals surface area (Å²) in [5.41, 5.74) is 1.81. The topological polar surface area (TPSA) is 63.6 Å². The van der Waals surface area contributed by atoms with Crippen LogP contribution >= 0.6 is 0 Å². The Labute approximate surface area is 140 Å². The molecule has 1 N–H and O–H groups in total. The third-order valence-electron chi connectivity index (χ3n) is 5.53. The van der Waals surface area contributed by atoms with Gasteiger partial charge in [-0.2, -0.15) is 0 Å². The number of ether oxygens (including phenoxy) is 1. The van der Waals surface area contributed by atoms with Crippen LogP contribution in [-0.2, 0) is 4.74 Å². The van der Waals surface area contributed by atoms with Gasteiger partial charge in [0.25, 0.3) is 0 Å². The van der Waals surface area contributed by atoms with E-state index in [9.17, 15) is 14.7 Å². The number of aromatic hydroxyl groups is 1. The zero-order valence-electron chi connectivity index (χ0n) is 14.1. The Hall–Kier alpha value is -2.36. The van der Waals surface area contributed by atoms with Crippen molar-refractivity contribution in [1.29, 1.82) is 0 Å². The van der Waals surface area contributed by atoms with E-state index in [1.54, 1.807) is 0 Å². The molecule has 2 atom stereocenters. The second-order valence-electron chi connectivity index (χ2n) is 7.52. The zero-order chi connectivity index (χ0) is 17.2. The monoisotopic (exact) mass is 324 g/mol. The Bertz CT molecular complexity index is 841. The summed E-state index contributed by atoms with van der Waals surface area (Å²) in [4.78, 5) is 26.0. The Morgan fingerprint density at radius 1 is 1.17 bits per heavy atom. The number of carbonyl (C=O) groups excluding carboxylic acids is 2. The molecule has 24 heavy (non-hydrogen) atoms. The summed E-state index contributed by atoms with van der Waals surface area (Å²) < 4.78 is 6.06. The highest BCUT2D eigenvalue weighted by Crippen LogP contribution is 2.50. The summed E-state index contributed by atoms with van der Waals surface area (Å²) in [7, 11) is 0. The van der Waals surface area contributed by atoms with Crippen LogP contribution in [0.2, 0.25) is 0 Å². The van der Waals surface area contributed by atoms with E-state index in [0.29, 0.717) is 11.1 Å². The first-order valence-electron chi connectivity index (χ1n) is 8.32. The maximum atomic E-state index is 13.1. The SMILES string of the molecule is CC1=C[C@@H]2C3=C(OC(C)(C)[C@H]2CC1)C(=O)c1cc(O)ccc1C3=O. The number of phenols is 1. The quantitative estimate of drug-likeness (QED) is 0.737. The summed E-state index contributed by atoms with van der Waals surface area (Å²) >= 11 is 0. The highest BCUT2D eigenvalue weighted by molar-refractivity contribution is 6.26. The number of fused-ring (bicyclic) bond motifs is 3. The Morgan fingerprint density at radius 3 is 2.67 bits per heavy atom. The largest absolute Gasteiger partial charge is 0.508 e. The molecule has 1 heterocycles.